The number of hydrogen-bond donors (Lipinski definition) is 1. The van der Waals surface area contributed by atoms with Crippen LogP contribution in [0.1, 0.15) is 16.2 Å². The summed E-state index contributed by atoms with van der Waals surface area (Å²) in [4.78, 5) is 12.5. The maximum atomic E-state index is 12.5. The fourth-order valence-corrected chi connectivity index (χ4v) is 2.32. The monoisotopic (exact) mass is 308 g/mol. The van der Waals surface area contributed by atoms with E-state index >= 15 is 0 Å². The summed E-state index contributed by atoms with van der Waals surface area (Å²) in [5.74, 6) is 1.09. The van der Waals surface area contributed by atoms with Gasteiger partial charge in [-0.05, 0) is 25.3 Å². The molecule has 1 aromatic carbocycles. The van der Waals surface area contributed by atoms with E-state index in [0.717, 1.165) is 0 Å². The Kier molecular flexibility index (Phi) is 4.69. The van der Waals surface area contributed by atoms with E-state index in [9.17, 15) is 4.79 Å². The molecule has 0 atom stereocenters. The van der Waals surface area contributed by atoms with E-state index in [0.29, 0.717) is 28.0 Å². The molecule has 1 N–H and O–H groups in total. The molecule has 21 heavy (non-hydrogen) atoms. The number of nitrogens with one attached hydrogen (secondary N) is 1. The van der Waals surface area contributed by atoms with Crippen molar-refractivity contribution in [3.63, 3.8) is 0 Å². The first-order chi connectivity index (χ1) is 10.1. The van der Waals surface area contributed by atoms with Crippen LogP contribution in [0.4, 0.5) is 0 Å². The fourth-order valence-electron chi connectivity index (χ4n) is 1.84. The number of rotatable bonds is 5. The van der Waals surface area contributed by atoms with Gasteiger partial charge in [-0.15, -0.1) is 10.2 Å². The molecule has 1 heterocycles. The molecular weight excluding hydrogens is 292 g/mol. The molecule has 0 radical (unpaired) electrons. The molecule has 1 aromatic heterocycles. The normalized spacial score (nSPS) is 10.3. The van der Waals surface area contributed by atoms with Gasteiger partial charge in [0, 0.05) is 0 Å². The number of amides is 1. The van der Waals surface area contributed by atoms with Crippen LogP contribution >= 0.6 is 11.8 Å². The quantitative estimate of drug-likeness (QED) is 0.847. The smallest absolute Gasteiger partial charge is 0.277 e. The zero-order chi connectivity index (χ0) is 15.4. The molecule has 0 aliphatic heterocycles. The molecule has 0 saturated heterocycles. The largest absolute Gasteiger partial charge is 0.496 e. The highest BCUT2D eigenvalue weighted by molar-refractivity contribution is 7.98. The van der Waals surface area contributed by atoms with Crippen molar-refractivity contribution in [1.29, 1.82) is 0 Å². The first kappa shape index (κ1) is 15.2. The lowest BCUT2D eigenvalue weighted by Gasteiger charge is -2.14. The molecule has 0 aliphatic carbocycles. The molecule has 2 aromatic rings. The summed E-state index contributed by atoms with van der Waals surface area (Å²) in [6, 6.07) is 5.16. The maximum absolute atomic E-state index is 12.5. The molecule has 0 bridgehead atoms. The van der Waals surface area contributed by atoms with Gasteiger partial charge in [0.25, 0.3) is 5.91 Å². The van der Waals surface area contributed by atoms with E-state index in [1.165, 1.54) is 30.7 Å². The van der Waals surface area contributed by atoms with E-state index in [4.69, 9.17) is 9.47 Å². The second-order valence-corrected chi connectivity index (χ2v) is 4.82. The number of nitrogens with zero attached hydrogens (tertiary/aromatic N) is 3. The minimum atomic E-state index is -0.359. The number of benzene rings is 1. The summed E-state index contributed by atoms with van der Waals surface area (Å²) in [6.45, 7) is 1.76. The zero-order valence-corrected chi connectivity index (χ0v) is 13.0. The number of ether oxygens (including phenoxy) is 2. The van der Waals surface area contributed by atoms with Crippen LogP contribution in [0, 0.1) is 6.92 Å². The Balaban J connectivity index is 2.39. The Morgan fingerprint density at radius 1 is 1.24 bits per heavy atom. The molecule has 2 rings (SSSR count). The summed E-state index contributed by atoms with van der Waals surface area (Å²) in [7, 11) is 3.01. The predicted octanol–water partition coefficient (Wildman–Crippen LogP) is 1.71. The Bertz CT molecular complexity index is 635. The summed E-state index contributed by atoms with van der Waals surface area (Å²) in [5, 5.41) is 8.49. The highest BCUT2D eigenvalue weighted by Crippen LogP contribution is 2.28. The zero-order valence-electron chi connectivity index (χ0n) is 12.2. The van der Waals surface area contributed by atoms with Gasteiger partial charge >= 0.3 is 0 Å². The standard InChI is InChI=1S/C13H16N4O3S/c1-8-14-15-13(21-4)17(8)16-12(18)11-9(19-2)6-5-7-10(11)20-3/h5-7H,1-4H3,(H,16,18). The lowest BCUT2D eigenvalue weighted by atomic mass is 10.1. The van der Waals surface area contributed by atoms with Gasteiger partial charge in [-0.1, -0.05) is 17.8 Å². The van der Waals surface area contributed by atoms with Crippen molar-refractivity contribution in [2.75, 3.05) is 25.9 Å². The van der Waals surface area contributed by atoms with E-state index in [2.05, 4.69) is 15.6 Å². The van der Waals surface area contributed by atoms with Gasteiger partial charge in [0.15, 0.2) is 0 Å². The molecule has 0 spiro atoms. The Morgan fingerprint density at radius 2 is 1.86 bits per heavy atom. The van der Waals surface area contributed by atoms with Crippen molar-refractivity contribution in [3.05, 3.63) is 29.6 Å². The first-order valence-electron chi connectivity index (χ1n) is 6.10. The van der Waals surface area contributed by atoms with Crippen LogP contribution in [0.25, 0.3) is 0 Å². The van der Waals surface area contributed by atoms with Crippen LogP contribution in [0.2, 0.25) is 0 Å². The van der Waals surface area contributed by atoms with Crippen molar-refractivity contribution < 1.29 is 14.3 Å². The van der Waals surface area contributed by atoms with E-state index in [1.54, 1.807) is 25.1 Å². The Morgan fingerprint density at radius 3 is 2.38 bits per heavy atom. The average molecular weight is 308 g/mol. The number of aromatic nitrogens is 3. The van der Waals surface area contributed by atoms with Crippen LogP contribution in [0.5, 0.6) is 11.5 Å². The van der Waals surface area contributed by atoms with Crippen molar-refractivity contribution in [1.82, 2.24) is 14.9 Å². The van der Waals surface area contributed by atoms with Crippen molar-refractivity contribution in [3.8, 4) is 11.5 Å². The number of methoxy groups -OCH3 is 2. The molecule has 8 heteroatoms. The van der Waals surface area contributed by atoms with E-state index in [-0.39, 0.29) is 5.91 Å². The average Bonchev–Trinajstić information content (AvgIpc) is 2.86. The van der Waals surface area contributed by atoms with Crippen molar-refractivity contribution in [2.45, 2.75) is 12.1 Å². The highest BCUT2D eigenvalue weighted by Gasteiger charge is 2.20. The van der Waals surface area contributed by atoms with E-state index in [1.807, 2.05) is 6.26 Å². The molecular formula is C13H16N4O3S. The molecule has 7 nitrogen and oxygen atoms in total. The molecule has 0 saturated carbocycles. The summed E-state index contributed by atoms with van der Waals surface area (Å²) in [5.41, 5.74) is 3.07. The van der Waals surface area contributed by atoms with Gasteiger partial charge in [0.2, 0.25) is 5.16 Å². The molecule has 0 unspecified atom stereocenters. The van der Waals surface area contributed by atoms with Crippen LogP contribution in [-0.2, 0) is 0 Å². The lowest BCUT2D eigenvalue weighted by Crippen LogP contribution is -2.25. The second-order valence-electron chi connectivity index (χ2n) is 4.05. The van der Waals surface area contributed by atoms with Crippen molar-refractivity contribution >= 4 is 17.7 Å². The Labute approximate surface area is 126 Å². The summed E-state index contributed by atoms with van der Waals surface area (Å²) in [6.07, 6.45) is 1.86. The van der Waals surface area contributed by atoms with Gasteiger partial charge in [-0.2, -0.15) is 0 Å². The minimum Gasteiger partial charge on any atom is -0.496 e. The third kappa shape index (κ3) is 2.94. The van der Waals surface area contributed by atoms with Gasteiger partial charge in [-0.25, -0.2) is 4.68 Å². The molecule has 0 aliphatic rings. The highest BCUT2D eigenvalue weighted by atomic mass is 32.2. The van der Waals surface area contributed by atoms with Crippen LogP contribution in [0.3, 0.4) is 0 Å². The van der Waals surface area contributed by atoms with Gasteiger partial charge in [-0.3, -0.25) is 10.2 Å². The first-order valence-corrected chi connectivity index (χ1v) is 7.33. The number of carbonyl (C=O) groups excluding carboxylic acids is 1. The Hall–Kier alpha value is -2.22. The second kappa shape index (κ2) is 6.49. The SMILES string of the molecule is COc1cccc(OC)c1C(=O)Nn1c(C)nnc1SC. The van der Waals surface area contributed by atoms with Crippen LogP contribution in [0.15, 0.2) is 23.4 Å². The predicted molar refractivity (Wildman–Crippen MR) is 79.8 cm³/mol. The van der Waals surface area contributed by atoms with Gasteiger partial charge in [0.1, 0.15) is 22.9 Å². The molecule has 0 fully saturated rings. The number of aryl methyl sites for hydroxylation is 1. The van der Waals surface area contributed by atoms with Crippen molar-refractivity contribution in [2.24, 2.45) is 0 Å². The number of thioether (sulfide) groups is 1. The minimum absolute atomic E-state index is 0.322. The summed E-state index contributed by atoms with van der Waals surface area (Å²) < 4.78 is 12.0. The van der Waals surface area contributed by atoms with Gasteiger partial charge < -0.3 is 9.47 Å². The van der Waals surface area contributed by atoms with Crippen LogP contribution < -0.4 is 14.9 Å². The summed E-state index contributed by atoms with van der Waals surface area (Å²) >= 11 is 1.39. The molecule has 112 valence electrons. The van der Waals surface area contributed by atoms with Gasteiger partial charge in [0.05, 0.1) is 14.2 Å². The maximum Gasteiger partial charge on any atom is 0.277 e. The number of hydrogen-bond acceptors (Lipinski definition) is 6. The lowest BCUT2D eigenvalue weighted by molar-refractivity contribution is 0.0999. The number of carbonyl (C=O) groups is 1. The fraction of sp³-hybridized carbons (Fsp3) is 0.308. The molecule has 1 amide bonds. The van der Waals surface area contributed by atoms with Crippen LogP contribution in [-0.4, -0.2) is 41.3 Å². The van der Waals surface area contributed by atoms with E-state index < -0.39 is 0 Å². The topological polar surface area (TPSA) is 78.3 Å². The third-order valence-corrected chi connectivity index (χ3v) is 3.48. The third-order valence-electron chi connectivity index (χ3n) is 2.85.